The van der Waals surface area contributed by atoms with E-state index in [-0.39, 0.29) is 18.6 Å². The maximum absolute atomic E-state index is 13.7. The molecule has 0 fully saturated rings. The van der Waals surface area contributed by atoms with Crippen molar-refractivity contribution in [3.8, 4) is 5.75 Å². The molecule has 0 spiro atoms. The standard InChI is InChI=1S/C27H36N3O7P/c1-17(2)36-38(34,37-18(3)4)30-24(15-20-16-28-23-9-7-6-8-22(20)23)26(32)29-25(27(33)35-5)14-19-10-12-21(31)13-11-19/h6-13,16-18,24-25,28,31H,14-15H2,1-5H3,(H,29,32)(H,30,34)/t24-,25-/m0/s1. The third-order valence-electron chi connectivity index (χ3n) is 5.61. The van der Waals surface area contributed by atoms with Gasteiger partial charge in [0.05, 0.1) is 19.3 Å². The molecule has 11 heteroatoms. The van der Waals surface area contributed by atoms with Gasteiger partial charge < -0.3 is 20.1 Å². The number of phenolic OH excluding ortho intramolecular Hbond substituents is 1. The van der Waals surface area contributed by atoms with Crippen LogP contribution in [-0.4, -0.2) is 53.4 Å². The number of esters is 1. The zero-order valence-electron chi connectivity index (χ0n) is 22.3. The number of ether oxygens (including phenoxy) is 1. The summed E-state index contributed by atoms with van der Waals surface area (Å²) in [4.78, 5) is 29.4. The van der Waals surface area contributed by atoms with E-state index >= 15 is 0 Å². The first-order chi connectivity index (χ1) is 18.0. The van der Waals surface area contributed by atoms with E-state index in [1.165, 1.54) is 19.2 Å². The Kier molecular flexibility index (Phi) is 10.1. The number of aromatic nitrogens is 1. The number of fused-ring (bicyclic) bond motifs is 1. The Morgan fingerprint density at radius 3 is 2.18 bits per heavy atom. The lowest BCUT2D eigenvalue weighted by Gasteiger charge is -2.28. The Labute approximate surface area is 222 Å². The maximum atomic E-state index is 13.7. The summed E-state index contributed by atoms with van der Waals surface area (Å²) in [5.41, 5.74) is 2.40. The highest BCUT2D eigenvalue weighted by Crippen LogP contribution is 2.47. The van der Waals surface area contributed by atoms with Gasteiger partial charge in [0.25, 0.3) is 0 Å². The number of hydrogen-bond acceptors (Lipinski definition) is 7. The van der Waals surface area contributed by atoms with E-state index in [4.69, 9.17) is 13.8 Å². The van der Waals surface area contributed by atoms with Crippen LogP contribution in [0.25, 0.3) is 10.9 Å². The quantitative estimate of drug-likeness (QED) is 0.185. The molecular weight excluding hydrogens is 509 g/mol. The molecule has 4 N–H and O–H groups in total. The molecule has 0 aliphatic rings. The fourth-order valence-corrected chi connectivity index (χ4v) is 5.90. The van der Waals surface area contributed by atoms with Gasteiger partial charge in [-0.2, -0.15) is 0 Å². The van der Waals surface area contributed by atoms with Gasteiger partial charge in [0.2, 0.25) is 5.91 Å². The van der Waals surface area contributed by atoms with Gasteiger partial charge in [-0.3, -0.25) is 13.8 Å². The predicted molar refractivity (Wildman–Crippen MR) is 145 cm³/mol. The highest BCUT2D eigenvalue weighted by atomic mass is 31.2. The lowest BCUT2D eigenvalue weighted by atomic mass is 10.0. The van der Waals surface area contributed by atoms with Crippen molar-refractivity contribution in [2.75, 3.05) is 7.11 Å². The van der Waals surface area contributed by atoms with E-state index < -0.39 is 43.9 Å². The van der Waals surface area contributed by atoms with E-state index in [2.05, 4.69) is 15.4 Å². The average Bonchev–Trinajstić information content (AvgIpc) is 3.25. The van der Waals surface area contributed by atoms with Gasteiger partial charge in [0, 0.05) is 23.5 Å². The molecule has 0 radical (unpaired) electrons. The maximum Gasteiger partial charge on any atom is 0.406 e. The van der Waals surface area contributed by atoms with Crippen LogP contribution in [0.2, 0.25) is 0 Å². The minimum absolute atomic E-state index is 0.0847. The van der Waals surface area contributed by atoms with Crippen LogP contribution in [0.15, 0.2) is 54.7 Å². The summed E-state index contributed by atoms with van der Waals surface area (Å²) < 4.78 is 29.9. The molecule has 1 aromatic heterocycles. The smallest absolute Gasteiger partial charge is 0.406 e. The third kappa shape index (κ3) is 8.16. The molecule has 10 nitrogen and oxygen atoms in total. The number of phenols is 1. The normalized spacial score (nSPS) is 13.6. The van der Waals surface area contributed by atoms with Gasteiger partial charge in [-0.05, 0) is 63.4 Å². The first-order valence-electron chi connectivity index (χ1n) is 12.5. The van der Waals surface area contributed by atoms with Gasteiger partial charge >= 0.3 is 13.7 Å². The number of amides is 1. The first-order valence-corrected chi connectivity index (χ1v) is 14.0. The number of methoxy groups -OCH3 is 1. The van der Waals surface area contributed by atoms with Crippen LogP contribution in [0.1, 0.15) is 38.8 Å². The summed E-state index contributed by atoms with van der Waals surface area (Å²) in [6, 6.07) is 11.8. The second kappa shape index (κ2) is 13.1. The molecule has 206 valence electrons. The van der Waals surface area contributed by atoms with Crippen LogP contribution in [0, 0.1) is 0 Å². The van der Waals surface area contributed by atoms with Gasteiger partial charge in [-0.1, -0.05) is 30.3 Å². The zero-order valence-corrected chi connectivity index (χ0v) is 23.2. The van der Waals surface area contributed by atoms with Gasteiger partial charge in [0.15, 0.2) is 0 Å². The van der Waals surface area contributed by atoms with Crippen LogP contribution in [-0.2, 0) is 40.8 Å². The molecule has 3 rings (SSSR count). The fraction of sp³-hybridized carbons (Fsp3) is 0.407. The van der Waals surface area contributed by atoms with E-state index in [0.717, 1.165) is 16.5 Å². The Morgan fingerprint density at radius 1 is 0.947 bits per heavy atom. The minimum atomic E-state index is -3.93. The lowest BCUT2D eigenvalue weighted by molar-refractivity contribution is -0.145. The van der Waals surface area contributed by atoms with Gasteiger partial charge in [-0.15, -0.1) is 0 Å². The molecule has 0 aliphatic heterocycles. The van der Waals surface area contributed by atoms with Crippen molar-refractivity contribution in [3.63, 3.8) is 0 Å². The summed E-state index contributed by atoms with van der Waals surface area (Å²) >= 11 is 0. The van der Waals surface area contributed by atoms with Crippen molar-refractivity contribution < 1.29 is 33.0 Å². The third-order valence-corrected chi connectivity index (χ3v) is 7.63. The molecule has 0 saturated carbocycles. The van der Waals surface area contributed by atoms with Crippen molar-refractivity contribution in [3.05, 3.63) is 65.9 Å². The predicted octanol–water partition coefficient (Wildman–Crippen LogP) is 4.23. The Bertz CT molecular complexity index is 1260. The minimum Gasteiger partial charge on any atom is -0.508 e. The second-order valence-corrected chi connectivity index (χ2v) is 11.2. The summed E-state index contributed by atoms with van der Waals surface area (Å²) in [5, 5.41) is 16.0. The largest absolute Gasteiger partial charge is 0.508 e. The van der Waals surface area contributed by atoms with Crippen LogP contribution in [0.3, 0.4) is 0 Å². The molecule has 2 atom stereocenters. The summed E-state index contributed by atoms with van der Waals surface area (Å²) in [7, 11) is -2.69. The van der Waals surface area contributed by atoms with Crippen molar-refractivity contribution in [1.82, 2.24) is 15.4 Å². The number of aromatic hydroxyl groups is 1. The number of para-hydroxylation sites is 1. The average molecular weight is 546 g/mol. The summed E-state index contributed by atoms with van der Waals surface area (Å²) in [6.07, 6.45) is 1.16. The first kappa shape index (κ1) is 29.4. The van der Waals surface area contributed by atoms with Crippen molar-refractivity contribution in [2.24, 2.45) is 0 Å². The number of carbonyl (C=O) groups is 2. The molecule has 0 aliphatic carbocycles. The van der Waals surface area contributed by atoms with E-state index in [1.54, 1.807) is 46.0 Å². The lowest BCUT2D eigenvalue weighted by Crippen LogP contribution is -2.51. The molecule has 1 heterocycles. The van der Waals surface area contributed by atoms with E-state index in [9.17, 15) is 19.3 Å². The van der Waals surface area contributed by atoms with Crippen LogP contribution >= 0.6 is 7.75 Å². The molecule has 0 bridgehead atoms. The highest BCUT2D eigenvalue weighted by Gasteiger charge is 2.36. The number of aromatic amines is 1. The Hall–Kier alpha value is -3.17. The Balaban J connectivity index is 1.92. The number of H-pyrrole nitrogens is 1. The monoisotopic (exact) mass is 545 g/mol. The molecular formula is C27H36N3O7P. The topological polar surface area (TPSA) is 139 Å². The highest BCUT2D eigenvalue weighted by molar-refractivity contribution is 7.51. The number of hydrogen-bond donors (Lipinski definition) is 4. The molecule has 0 saturated heterocycles. The number of benzene rings is 2. The van der Waals surface area contributed by atoms with E-state index in [1.807, 2.05) is 24.3 Å². The SMILES string of the molecule is COC(=O)[C@H](Cc1ccc(O)cc1)NC(=O)[C@H](Cc1c[nH]c2ccccc12)NP(=O)(OC(C)C)OC(C)C. The van der Waals surface area contributed by atoms with Crippen molar-refractivity contribution >= 4 is 30.5 Å². The zero-order chi connectivity index (χ0) is 27.9. The van der Waals surface area contributed by atoms with Crippen LogP contribution < -0.4 is 10.4 Å². The van der Waals surface area contributed by atoms with Crippen LogP contribution in [0.4, 0.5) is 0 Å². The molecule has 0 unspecified atom stereocenters. The molecule has 2 aromatic carbocycles. The van der Waals surface area contributed by atoms with Gasteiger partial charge in [-0.25, -0.2) is 14.4 Å². The van der Waals surface area contributed by atoms with Crippen molar-refractivity contribution in [2.45, 2.75) is 64.8 Å². The fourth-order valence-electron chi connectivity index (χ4n) is 4.02. The summed E-state index contributed by atoms with van der Waals surface area (Å²) in [5.74, 6) is -1.14. The van der Waals surface area contributed by atoms with Gasteiger partial charge in [0.1, 0.15) is 17.8 Å². The van der Waals surface area contributed by atoms with Crippen LogP contribution in [0.5, 0.6) is 5.75 Å². The van der Waals surface area contributed by atoms with E-state index in [0.29, 0.717) is 5.56 Å². The number of rotatable bonds is 13. The number of carbonyl (C=O) groups excluding carboxylic acids is 2. The second-order valence-electron chi connectivity index (χ2n) is 9.51. The summed E-state index contributed by atoms with van der Waals surface area (Å²) in [6.45, 7) is 6.88. The molecule has 3 aromatic rings. The molecule has 38 heavy (non-hydrogen) atoms. The van der Waals surface area contributed by atoms with Crippen molar-refractivity contribution in [1.29, 1.82) is 0 Å². The number of nitrogens with one attached hydrogen (secondary N) is 3. The Morgan fingerprint density at radius 2 is 1.58 bits per heavy atom. The molecule has 1 amide bonds.